The van der Waals surface area contributed by atoms with Crippen LogP contribution in [-0.4, -0.2) is 16.7 Å². The maximum atomic E-state index is 5.36. The quantitative estimate of drug-likeness (QED) is 0.918. The Morgan fingerprint density at radius 2 is 2.32 bits per heavy atom. The molecule has 0 spiro atoms. The second-order valence-electron chi connectivity index (χ2n) is 5.21. The van der Waals surface area contributed by atoms with Crippen molar-refractivity contribution in [3.8, 4) is 0 Å². The summed E-state index contributed by atoms with van der Waals surface area (Å²) in [6.07, 6.45) is 4.29. The van der Waals surface area contributed by atoms with Crippen LogP contribution in [0.5, 0.6) is 0 Å². The van der Waals surface area contributed by atoms with Gasteiger partial charge >= 0.3 is 0 Å². The lowest BCUT2D eigenvalue weighted by atomic mass is 10.0. The third-order valence-electron chi connectivity index (χ3n) is 3.54. The van der Waals surface area contributed by atoms with Gasteiger partial charge in [0, 0.05) is 0 Å². The van der Waals surface area contributed by atoms with Gasteiger partial charge in [0.05, 0.1) is 12.5 Å². The molecule has 1 saturated heterocycles. The van der Waals surface area contributed by atoms with Gasteiger partial charge in [-0.15, -0.1) is 0 Å². The Kier molecular flexibility index (Phi) is 3.60. The van der Waals surface area contributed by atoms with Gasteiger partial charge in [-0.2, -0.15) is 4.98 Å². The fourth-order valence-corrected chi connectivity index (χ4v) is 2.55. The van der Waals surface area contributed by atoms with Crippen molar-refractivity contribution in [3.63, 3.8) is 0 Å². The summed E-state index contributed by atoms with van der Waals surface area (Å²) in [6, 6.07) is 8.67. The zero-order valence-corrected chi connectivity index (χ0v) is 11.2. The monoisotopic (exact) mass is 257 g/mol. The Balaban J connectivity index is 1.70. The van der Waals surface area contributed by atoms with Gasteiger partial charge in [0.15, 0.2) is 5.82 Å². The normalized spacial score (nSPS) is 19.5. The molecule has 1 aromatic carbocycles. The first-order chi connectivity index (χ1) is 9.31. The van der Waals surface area contributed by atoms with Crippen molar-refractivity contribution in [2.24, 2.45) is 0 Å². The lowest BCUT2D eigenvalue weighted by Crippen LogP contribution is -2.27. The molecule has 1 aromatic heterocycles. The van der Waals surface area contributed by atoms with Gasteiger partial charge in [0.25, 0.3) is 0 Å². The summed E-state index contributed by atoms with van der Waals surface area (Å²) in [5.74, 6) is 1.51. The highest BCUT2D eigenvalue weighted by molar-refractivity contribution is 5.24. The van der Waals surface area contributed by atoms with Crippen molar-refractivity contribution >= 4 is 0 Å². The van der Waals surface area contributed by atoms with Gasteiger partial charge in [-0.3, -0.25) is 0 Å². The highest BCUT2D eigenvalue weighted by Crippen LogP contribution is 2.21. The maximum Gasteiger partial charge on any atom is 0.231 e. The van der Waals surface area contributed by atoms with Crippen molar-refractivity contribution in [3.05, 3.63) is 47.1 Å². The molecule has 0 amide bonds. The van der Waals surface area contributed by atoms with Crippen molar-refractivity contribution in [1.29, 1.82) is 0 Å². The SMILES string of the molecule is Cc1cccc(Cc2nc(C3CCCCN3)no2)c1. The van der Waals surface area contributed by atoms with Gasteiger partial charge < -0.3 is 9.84 Å². The Morgan fingerprint density at radius 1 is 1.37 bits per heavy atom. The number of benzene rings is 1. The molecular formula is C15H19N3O. The van der Waals surface area contributed by atoms with Crippen LogP contribution in [0.4, 0.5) is 0 Å². The van der Waals surface area contributed by atoms with Crippen LogP contribution in [0.2, 0.25) is 0 Å². The number of nitrogens with one attached hydrogen (secondary N) is 1. The van der Waals surface area contributed by atoms with Crippen LogP contribution in [0.15, 0.2) is 28.8 Å². The van der Waals surface area contributed by atoms with Crippen molar-refractivity contribution in [2.45, 2.75) is 38.6 Å². The first kappa shape index (κ1) is 12.4. The van der Waals surface area contributed by atoms with E-state index in [9.17, 15) is 0 Å². The van der Waals surface area contributed by atoms with E-state index in [1.807, 2.05) is 0 Å². The first-order valence-electron chi connectivity index (χ1n) is 6.93. The number of rotatable bonds is 3. The standard InChI is InChI=1S/C15H19N3O/c1-11-5-4-6-12(9-11)10-14-17-15(18-19-14)13-7-2-3-8-16-13/h4-6,9,13,16H,2-3,7-8,10H2,1H3. The van der Waals surface area contributed by atoms with Gasteiger partial charge in [0.2, 0.25) is 5.89 Å². The number of aromatic nitrogens is 2. The first-order valence-corrected chi connectivity index (χ1v) is 6.93. The largest absolute Gasteiger partial charge is 0.339 e. The van der Waals surface area contributed by atoms with Crippen LogP contribution in [0.1, 0.15) is 48.1 Å². The van der Waals surface area contributed by atoms with Gasteiger partial charge in [0.1, 0.15) is 0 Å². The Labute approximate surface area is 113 Å². The van der Waals surface area contributed by atoms with E-state index in [1.54, 1.807) is 0 Å². The second-order valence-corrected chi connectivity index (χ2v) is 5.21. The third kappa shape index (κ3) is 3.01. The molecule has 0 saturated carbocycles. The zero-order chi connectivity index (χ0) is 13.1. The van der Waals surface area contributed by atoms with E-state index in [-0.39, 0.29) is 6.04 Å². The smallest absolute Gasteiger partial charge is 0.231 e. The molecule has 0 radical (unpaired) electrons. The molecule has 2 heterocycles. The number of hydrogen-bond acceptors (Lipinski definition) is 4. The van der Waals surface area contributed by atoms with Crippen LogP contribution in [0.3, 0.4) is 0 Å². The molecule has 4 nitrogen and oxygen atoms in total. The summed E-state index contributed by atoms with van der Waals surface area (Å²) in [6.45, 7) is 3.14. The summed E-state index contributed by atoms with van der Waals surface area (Å²) in [4.78, 5) is 4.52. The summed E-state index contributed by atoms with van der Waals surface area (Å²) in [7, 11) is 0. The fourth-order valence-electron chi connectivity index (χ4n) is 2.55. The number of aryl methyl sites for hydroxylation is 1. The Bertz CT molecular complexity index is 544. The molecule has 4 heteroatoms. The predicted molar refractivity (Wildman–Crippen MR) is 72.9 cm³/mol. The minimum Gasteiger partial charge on any atom is -0.339 e. The molecule has 0 aliphatic carbocycles. The lowest BCUT2D eigenvalue weighted by molar-refractivity contribution is 0.351. The zero-order valence-electron chi connectivity index (χ0n) is 11.2. The van der Waals surface area contributed by atoms with Gasteiger partial charge in [-0.05, 0) is 31.9 Å². The Hall–Kier alpha value is -1.68. The molecule has 100 valence electrons. The third-order valence-corrected chi connectivity index (χ3v) is 3.54. The molecule has 2 aromatic rings. The topological polar surface area (TPSA) is 51.0 Å². The van der Waals surface area contributed by atoms with Gasteiger partial charge in [-0.1, -0.05) is 41.4 Å². The average molecular weight is 257 g/mol. The summed E-state index contributed by atoms with van der Waals surface area (Å²) >= 11 is 0. The summed E-state index contributed by atoms with van der Waals surface area (Å²) in [5, 5.41) is 7.55. The van der Waals surface area contributed by atoms with Gasteiger partial charge in [-0.25, -0.2) is 0 Å². The minimum absolute atomic E-state index is 0.267. The van der Waals surface area contributed by atoms with E-state index >= 15 is 0 Å². The molecule has 1 unspecified atom stereocenters. The van der Waals surface area contributed by atoms with E-state index < -0.39 is 0 Å². The van der Waals surface area contributed by atoms with Crippen molar-refractivity contribution in [2.75, 3.05) is 6.54 Å². The minimum atomic E-state index is 0.267. The molecule has 19 heavy (non-hydrogen) atoms. The van der Waals surface area contributed by atoms with E-state index in [4.69, 9.17) is 4.52 Å². The van der Waals surface area contributed by atoms with Crippen LogP contribution in [-0.2, 0) is 6.42 Å². The summed E-state index contributed by atoms with van der Waals surface area (Å²) < 4.78 is 5.36. The van der Waals surface area contributed by atoms with Crippen molar-refractivity contribution in [1.82, 2.24) is 15.5 Å². The average Bonchev–Trinajstić information content (AvgIpc) is 2.88. The molecule has 0 bridgehead atoms. The lowest BCUT2D eigenvalue weighted by Gasteiger charge is -2.19. The molecule has 1 N–H and O–H groups in total. The molecule has 1 aliphatic rings. The van der Waals surface area contributed by atoms with Crippen LogP contribution in [0, 0.1) is 6.92 Å². The van der Waals surface area contributed by atoms with E-state index in [1.165, 1.54) is 24.0 Å². The predicted octanol–water partition coefficient (Wildman–Crippen LogP) is 2.78. The van der Waals surface area contributed by atoms with E-state index in [2.05, 4.69) is 46.6 Å². The molecule has 1 aliphatic heterocycles. The molecule has 1 atom stereocenters. The van der Waals surface area contributed by atoms with Crippen molar-refractivity contribution < 1.29 is 4.52 Å². The molecule has 1 fully saturated rings. The number of hydrogen-bond donors (Lipinski definition) is 1. The molecule has 3 rings (SSSR count). The second kappa shape index (κ2) is 5.53. The highest BCUT2D eigenvalue weighted by atomic mass is 16.5. The highest BCUT2D eigenvalue weighted by Gasteiger charge is 2.20. The molecular weight excluding hydrogens is 238 g/mol. The number of piperidine rings is 1. The maximum absolute atomic E-state index is 5.36. The van der Waals surface area contributed by atoms with E-state index in [0.29, 0.717) is 12.3 Å². The van der Waals surface area contributed by atoms with E-state index in [0.717, 1.165) is 18.8 Å². The van der Waals surface area contributed by atoms with Crippen LogP contribution < -0.4 is 5.32 Å². The van der Waals surface area contributed by atoms with Crippen LogP contribution >= 0.6 is 0 Å². The number of nitrogens with zero attached hydrogens (tertiary/aromatic N) is 2. The summed E-state index contributed by atoms with van der Waals surface area (Å²) in [5.41, 5.74) is 2.47. The van der Waals surface area contributed by atoms with Crippen LogP contribution in [0.25, 0.3) is 0 Å². The Morgan fingerprint density at radius 3 is 3.11 bits per heavy atom. The fraction of sp³-hybridized carbons (Fsp3) is 0.467.